The number of piperidine rings is 1. The smallest absolute Gasteiger partial charge is 0.346 e. The fraction of sp³-hybridized carbons (Fsp3) is 0.310. The van der Waals surface area contributed by atoms with Crippen LogP contribution in [-0.4, -0.2) is 79.6 Å². The Hall–Kier alpha value is -4.64. The van der Waals surface area contributed by atoms with Gasteiger partial charge in [0.1, 0.15) is 6.33 Å². The number of rotatable bonds is 5. The number of aliphatic carboxylic acids is 1. The molecule has 2 atom stereocenters. The molecule has 0 saturated carbocycles. The lowest BCUT2D eigenvalue weighted by molar-refractivity contribution is -0.145. The molecule has 4 aromatic rings. The van der Waals surface area contributed by atoms with E-state index in [9.17, 15) is 14.7 Å². The Morgan fingerprint density at radius 2 is 1.55 bits per heavy atom. The van der Waals surface area contributed by atoms with Gasteiger partial charge >= 0.3 is 12.0 Å². The van der Waals surface area contributed by atoms with Gasteiger partial charge in [0.15, 0.2) is 5.82 Å². The summed E-state index contributed by atoms with van der Waals surface area (Å²) >= 11 is 0. The van der Waals surface area contributed by atoms with Gasteiger partial charge in [-0.1, -0.05) is 54.6 Å². The average Bonchev–Trinajstić information content (AvgIpc) is 3.52. The largest absolute Gasteiger partial charge is 0.481 e. The monoisotopic (exact) mass is 539 g/mol. The van der Waals surface area contributed by atoms with E-state index in [1.165, 1.54) is 11.0 Å². The van der Waals surface area contributed by atoms with Crippen LogP contribution < -0.4 is 4.90 Å². The van der Waals surface area contributed by atoms with E-state index in [4.69, 9.17) is 4.74 Å². The molecule has 1 amide bonds. The highest BCUT2D eigenvalue weighted by Gasteiger charge is 2.40. The van der Waals surface area contributed by atoms with Gasteiger partial charge in [-0.25, -0.2) is 19.7 Å². The van der Waals surface area contributed by atoms with E-state index in [0.29, 0.717) is 44.4 Å². The van der Waals surface area contributed by atoms with E-state index in [-0.39, 0.29) is 0 Å². The number of likely N-dealkylation sites (tertiary alicyclic amines) is 1. The van der Waals surface area contributed by atoms with Crippen LogP contribution in [0.5, 0.6) is 0 Å². The zero-order valence-electron chi connectivity index (χ0n) is 21.8. The van der Waals surface area contributed by atoms with Crippen LogP contribution in [0.15, 0.2) is 73.3 Å². The van der Waals surface area contributed by atoms with Crippen LogP contribution >= 0.6 is 0 Å². The Labute approximate surface area is 231 Å². The van der Waals surface area contributed by atoms with Crippen molar-refractivity contribution in [3.63, 3.8) is 0 Å². The number of amides is 1. The summed E-state index contributed by atoms with van der Waals surface area (Å²) in [6.45, 7) is 3.35. The van der Waals surface area contributed by atoms with E-state index in [1.807, 2.05) is 67.0 Å². The minimum atomic E-state index is -0.910. The Balaban J connectivity index is 1.19. The highest BCUT2D eigenvalue weighted by molar-refractivity contribution is 5.79. The fourth-order valence-corrected chi connectivity index (χ4v) is 5.36. The first-order valence-corrected chi connectivity index (χ1v) is 13.3. The molecule has 11 nitrogen and oxygen atoms in total. The molecule has 1 N–H and O–H groups in total. The second kappa shape index (κ2) is 11.2. The van der Waals surface area contributed by atoms with Gasteiger partial charge in [-0.15, -0.1) is 5.10 Å². The molecule has 6 rings (SSSR count). The maximum atomic E-state index is 13.5. The van der Waals surface area contributed by atoms with Crippen LogP contribution in [0, 0.1) is 5.92 Å². The van der Waals surface area contributed by atoms with Gasteiger partial charge in [0, 0.05) is 43.2 Å². The quantitative estimate of drug-likeness (QED) is 0.403. The number of aromatic nitrogens is 5. The molecule has 2 aliphatic rings. The molecule has 2 aromatic carbocycles. The molecule has 204 valence electrons. The van der Waals surface area contributed by atoms with Crippen LogP contribution in [0.2, 0.25) is 0 Å². The van der Waals surface area contributed by atoms with Crippen LogP contribution in [0.1, 0.15) is 24.4 Å². The SMILES string of the molecule is O=C(O)C1CCCN(C(=O)n2cnc(-c3ccc(-c4cnc(N5CCOCC5)nc4)cc3)n2)C1c1ccccc1. The number of hydrogen-bond donors (Lipinski definition) is 1. The van der Waals surface area contributed by atoms with Gasteiger partial charge in [0.2, 0.25) is 5.95 Å². The number of morpholine rings is 1. The molecule has 2 aromatic heterocycles. The zero-order valence-corrected chi connectivity index (χ0v) is 21.8. The third kappa shape index (κ3) is 5.15. The molecule has 0 spiro atoms. The topological polar surface area (TPSA) is 127 Å². The summed E-state index contributed by atoms with van der Waals surface area (Å²) in [6, 6.07) is 16.0. The Morgan fingerprint density at radius 1 is 0.850 bits per heavy atom. The molecular weight excluding hydrogens is 510 g/mol. The van der Waals surface area contributed by atoms with Crippen LogP contribution in [0.4, 0.5) is 10.7 Å². The number of carboxylic acids is 1. The molecule has 0 bridgehead atoms. The van der Waals surface area contributed by atoms with Crippen molar-refractivity contribution >= 4 is 17.9 Å². The van der Waals surface area contributed by atoms with Crippen molar-refractivity contribution in [2.45, 2.75) is 18.9 Å². The molecule has 2 fully saturated rings. The number of nitrogens with zero attached hydrogens (tertiary/aromatic N) is 7. The van der Waals surface area contributed by atoms with Gasteiger partial charge < -0.3 is 19.6 Å². The normalized spacial score (nSPS) is 19.4. The summed E-state index contributed by atoms with van der Waals surface area (Å²) in [6.07, 6.45) is 6.12. The van der Waals surface area contributed by atoms with E-state index in [2.05, 4.69) is 25.0 Å². The maximum absolute atomic E-state index is 13.5. The Morgan fingerprint density at radius 3 is 2.25 bits per heavy atom. The minimum Gasteiger partial charge on any atom is -0.481 e. The van der Waals surface area contributed by atoms with Crippen LogP contribution in [0.25, 0.3) is 22.5 Å². The molecule has 2 unspecified atom stereocenters. The Bertz CT molecular complexity index is 1470. The minimum absolute atomic E-state index is 0.396. The lowest BCUT2D eigenvalue weighted by atomic mass is 9.85. The number of anilines is 1. The van der Waals surface area contributed by atoms with Crippen molar-refractivity contribution in [3.05, 3.63) is 78.9 Å². The summed E-state index contributed by atoms with van der Waals surface area (Å²) < 4.78 is 6.59. The number of ether oxygens (including phenoxy) is 1. The molecule has 40 heavy (non-hydrogen) atoms. The molecule has 0 aliphatic carbocycles. The third-order valence-electron chi connectivity index (χ3n) is 7.43. The van der Waals surface area contributed by atoms with Crippen LogP contribution in [-0.2, 0) is 9.53 Å². The molecular formula is C29H29N7O4. The lowest BCUT2D eigenvalue weighted by Crippen LogP contribution is -2.46. The van der Waals surface area contributed by atoms with Crippen molar-refractivity contribution in [2.24, 2.45) is 5.92 Å². The van der Waals surface area contributed by atoms with Crippen molar-refractivity contribution in [1.29, 1.82) is 0 Å². The van der Waals surface area contributed by atoms with E-state index in [1.54, 1.807) is 4.90 Å². The summed E-state index contributed by atoms with van der Waals surface area (Å²) in [4.78, 5) is 42.7. The predicted molar refractivity (Wildman–Crippen MR) is 147 cm³/mol. The van der Waals surface area contributed by atoms with Crippen LogP contribution in [0.3, 0.4) is 0 Å². The molecule has 2 saturated heterocycles. The highest BCUT2D eigenvalue weighted by Crippen LogP contribution is 2.36. The summed E-state index contributed by atoms with van der Waals surface area (Å²) in [5.74, 6) is -0.503. The summed E-state index contributed by atoms with van der Waals surface area (Å²) in [5.41, 5.74) is 3.39. The van der Waals surface area contributed by atoms with Crippen molar-refractivity contribution in [2.75, 3.05) is 37.7 Å². The molecule has 11 heteroatoms. The first-order chi connectivity index (χ1) is 19.6. The van der Waals surface area contributed by atoms with Gasteiger partial charge in [-0.2, -0.15) is 4.68 Å². The number of carbonyl (C=O) groups excluding carboxylic acids is 1. The standard InChI is InChI=1S/C29H29N7O4/c37-27(38)24-7-4-12-35(25(24)21-5-2-1-3-6-21)29(39)36-19-32-26(33-36)22-10-8-20(9-11-22)23-17-30-28(31-18-23)34-13-15-40-16-14-34/h1-3,5-6,8-11,17-19,24-25H,4,7,12-16H2,(H,37,38). The number of carboxylic acid groups (broad SMARTS) is 1. The number of hydrogen-bond acceptors (Lipinski definition) is 8. The highest BCUT2D eigenvalue weighted by atomic mass is 16.5. The van der Waals surface area contributed by atoms with Gasteiger partial charge in [-0.3, -0.25) is 4.79 Å². The number of carbonyl (C=O) groups is 2. The first-order valence-electron chi connectivity index (χ1n) is 13.3. The first kappa shape index (κ1) is 25.6. The van der Waals surface area contributed by atoms with E-state index >= 15 is 0 Å². The lowest BCUT2D eigenvalue weighted by Gasteiger charge is -2.39. The molecule has 2 aliphatic heterocycles. The number of benzene rings is 2. The zero-order chi connectivity index (χ0) is 27.5. The predicted octanol–water partition coefficient (Wildman–Crippen LogP) is 3.74. The molecule has 0 radical (unpaired) electrons. The van der Waals surface area contributed by atoms with Crippen molar-refractivity contribution < 1.29 is 19.4 Å². The van der Waals surface area contributed by atoms with E-state index < -0.39 is 24.0 Å². The summed E-state index contributed by atoms with van der Waals surface area (Å²) in [7, 11) is 0. The maximum Gasteiger partial charge on any atom is 0.346 e. The van der Waals surface area contributed by atoms with Gasteiger partial charge in [0.05, 0.1) is 25.2 Å². The Kier molecular flexibility index (Phi) is 7.19. The van der Waals surface area contributed by atoms with Gasteiger partial charge in [-0.05, 0) is 24.0 Å². The second-order valence-corrected chi connectivity index (χ2v) is 9.88. The third-order valence-corrected chi connectivity index (χ3v) is 7.43. The second-order valence-electron chi connectivity index (χ2n) is 9.88. The average molecular weight is 540 g/mol. The van der Waals surface area contributed by atoms with Crippen molar-refractivity contribution in [1.82, 2.24) is 29.6 Å². The van der Waals surface area contributed by atoms with E-state index in [0.717, 1.165) is 35.3 Å². The molecule has 4 heterocycles. The van der Waals surface area contributed by atoms with Crippen molar-refractivity contribution in [3.8, 4) is 22.5 Å². The fourth-order valence-electron chi connectivity index (χ4n) is 5.36. The van der Waals surface area contributed by atoms with Gasteiger partial charge in [0.25, 0.3) is 0 Å². The summed E-state index contributed by atoms with van der Waals surface area (Å²) in [5, 5.41) is 14.3.